The van der Waals surface area contributed by atoms with Crippen LogP contribution < -0.4 is 5.73 Å². The first-order valence-corrected chi connectivity index (χ1v) is 6.27. The highest BCUT2D eigenvalue weighted by molar-refractivity contribution is 5.22. The van der Waals surface area contributed by atoms with E-state index >= 15 is 0 Å². The minimum absolute atomic E-state index is 0.165. The monoisotopic (exact) mass is 237 g/mol. The Bertz CT molecular complexity index is 378. The zero-order chi connectivity index (χ0) is 12.4. The number of hydrogen-bond acceptors (Lipinski definition) is 2. The van der Waals surface area contributed by atoms with Gasteiger partial charge in [0.15, 0.2) is 0 Å². The minimum Gasteiger partial charge on any atom is -0.392 e. The standard InChI is InChI=1S/C14H20FNO/c1-9(10-5-6-10)14(17)13(8-16)11-3-2-4-12(15)7-11/h2-4,7,9-10,13-14,17H,5-6,8,16H2,1H3. The zero-order valence-corrected chi connectivity index (χ0v) is 10.1. The number of aliphatic hydroxyl groups excluding tert-OH is 1. The lowest BCUT2D eigenvalue weighted by Gasteiger charge is -2.27. The first-order valence-electron chi connectivity index (χ1n) is 6.27. The van der Waals surface area contributed by atoms with Crippen LogP contribution in [0.4, 0.5) is 4.39 Å². The van der Waals surface area contributed by atoms with Gasteiger partial charge in [-0.25, -0.2) is 4.39 Å². The average molecular weight is 237 g/mol. The Labute approximate surface area is 102 Å². The molecule has 3 atom stereocenters. The van der Waals surface area contributed by atoms with Gasteiger partial charge in [0.2, 0.25) is 0 Å². The SMILES string of the molecule is CC(C1CC1)C(O)C(CN)c1cccc(F)c1. The largest absolute Gasteiger partial charge is 0.392 e. The molecule has 3 heteroatoms. The van der Waals surface area contributed by atoms with Gasteiger partial charge in [-0.05, 0) is 42.4 Å². The highest BCUT2D eigenvalue weighted by Gasteiger charge is 2.36. The lowest BCUT2D eigenvalue weighted by molar-refractivity contribution is 0.0800. The van der Waals surface area contributed by atoms with Crippen molar-refractivity contribution < 1.29 is 9.50 Å². The summed E-state index contributed by atoms with van der Waals surface area (Å²) in [6, 6.07) is 6.39. The Morgan fingerprint density at radius 2 is 2.18 bits per heavy atom. The number of halogens is 1. The van der Waals surface area contributed by atoms with Crippen molar-refractivity contribution in [3.63, 3.8) is 0 Å². The van der Waals surface area contributed by atoms with Crippen molar-refractivity contribution in [2.24, 2.45) is 17.6 Å². The molecule has 0 aliphatic heterocycles. The van der Waals surface area contributed by atoms with E-state index in [-0.39, 0.29) is 17.7 Å². The van der Waals surface area contributed by atoms with E-state index in [1.54, 1.807) is 6.07 Å². The molecule has 0 spiro atoms. The van der Waals surface area contributed by atoms with Crippen LogP contribution in [0.3, 0.4) is 0 Å². The van der Waals surface area contributed by atoms with Crippen LogP contribution in [0.5, 0.6) is 0 Å². The topological polar surface area (TPSA) is 46.2 Å². The molecule has 3 N–H and O–H groups in total. The van der Waals surface area contributed by atoms with E-state index in [0.29, 0.717) is 12.5 Å². The van der Waals surface area contributed by atoms with Crippen LogP contribution >= 0.6 is 0 Å². The molecule has 1 saturated carbocycles. The third-order valence-electron chi connectivity index (χ3n) is 3.85. The van der Waals surface area contributed by atoms with E-state index in [9.17, 15) is 9.50 Å². The maximum atomic E-state index is 13.2. The predicted molar refractivity (Wildman–Crippen MR) is 66.1 cm³/mol. The molecule has 1 aromatic rings. The fourth-order valence-corrected chi connectivity index (χ4v) is 2.48. The molecular formula is C14H20FNO. The Morgan fingerprint density at radius 1 is 1.47 bits per heavy atom. The van der Waals surface area contributed by atoms with E-state index < -0.39 is 6.10 Å². The van der Waals surface area contributed by atoms with Gasteiger partial charge in [0.05, 0.1) is 6.10 Å². The smallest absolute Gasteiger partial charge is 0.123 e. The molecule has 17 heavy (non-hydrogen) atoms. The summed E-state index contributed by atoms with van der Waals surface area (Å²) in [6.07, 6.45) is 1.91. The van der Waals surface area contributed by atoms with E-state index in [1.807, 2.05) is 6.07 Å². The normalized spacial score (nSPS) is 20.9. The molecule has 94 valence electrons. The first kappa shape index (κ1) is 12.5. The average Bonchev–Trinajstić information content (AvgIpc) is 3.13. The number of benzene rings is 1. The van der Waals surface area contributed by atoms with Crippen LogP contribution in [-0.4, -0.2) is 17.8 Å². The second kappa shape index (κ2) is 5.15. The molecule has 0 radical (unpaired) electrons. The molecule has 0 aromatic heterocycles. The minimum atomic E-state index is -0.478. The predicted octanol–water partition coefficient (Wildman–Crippen LogP) is 2.28. The van der Waals surface area contributed by atoms with E-state index in [0.717, 1.165) is 5.56 Å². The zero-order valence-electron chi connectivity index (χ0n) is 10.1. The molecule has 1 aliphatic rings. The second-order valence-corrected chi connectivity index (χ2v) is 5.08. The number of hydrogen-bond donors (Lipinski definition) is 2. The highest BCUT2D eigenvalue weighted by atomic mass is 19.1. The van der Waals surface area contributed by atoms with Crippen LogP contribution in [0.2, 0.25) is 0 Å². The summed E-state index contributed by atoms with van der Waals surface area (Å²) in [5, 5.41) is 10.3. The third-order valence-corrected chi connectivity index (χ3v) is 3.85. The van der Waals surface area contributed by atoms with Crippen LogP contribution in [-0.2, 0) is 0 Å². The van der Waals surface area contributed by atoms with Gasteiger partial charge in [0, 0.05) is 12.5 Å². The molecular weight excluding hydrogens is 217 g/mol. The molecule has 0 amide bonds. The Kier molecular flexibility index (Phi) is 3.79. The van der Waals surface area contributed by atoms with Gasteiger partial charge in [0.25, 0.3) is 0 Å². The van der Waals surface area contributed by atoms with Gasteiger partial charge in [-0.15, -0.1) is 0 Å². The van der Waals surface area contributed by atoms with Gasteiger partial charge >= 0.3 is 0 Å². The van der Waals surface area contributed by atoms with Crippen molar-refractivity contribution in [2.45, 2.75) is 31.8 Å². The highest BCUT2D eigenvalue weighted by Crippen LogP contribution is 2.41. The Hall–Kier alpha value is -0.930. The van der Waals surface area contributed by atoms with Gasteiger partial charge < -0.3 is 10.8 Å². The number of rotatable bonds is 5. The lowest BCUT2D eigenvalue weighted by atomic mass is 9.84. The Balaban J connectivity index is 2.14. The van der Waals surface area contributed by atoms with Gasteiger partial charge in [-0.1, -0.05) is 19.1 Å². The van der Waals surface area contributed by atoms with Crippen molar-refractivity contribution in [1.29, 1.82) is 0 Å². The van der Waals surface area contributed by atoms with E-state index in [1.165, 1.54) is 25.0 Å². The van der Waals surface area contributed by atoms with Crippen molar-refractivity contribution in [1.82, 2.24) is 0 Å². The van der Waals surface area contributed by atoms with Crippen LogP contribution in [0.25, 0.3) is 0 Å². The van der Waals surface area contributed by atoms with E-state index in [2.05, 4.69) is 6.92 Å². The maximum Gasteiger partial charge on any atom is 0.123 e. The van der Waals surface area contributed by atoms with Gasteiger partial charge in [0.1, 0.15) is 5.82 Å². The molecule has 0 saturated heterocycles. The van der Waals surface area contributed by atoms with Gasteiger partial charge in [-0.3, -0.25) is 0 Å². The molecule has 1 fully saturated rings. The fourth-order valence-electron chi connectivity index (χ4n) is 2.48. The van der Waals surface area contributed by atoms with Crippen molar-refractivity contribution in [3.8, 4) is 0 Å². The first-order chi connectivity index (χ1) is 8.13. The lowest BCUT2D eigenvalue weighted by Crippen LogP contribution is -2.32. The summed E-state index contributed by atoms with van der Waals surface area (Å²) >= 11 is 0. The van der Waals surface area contributed by atoms with E-state index in [4.69, 9.17) is 5.73 Å². The summed E-state index contributed by atoms with van der Waals surface area (Å²) in [4.78, 5) is 0. The molecule has 2 rings (SSSR count). The number of aliphatic hydroxyl groups is 1. The Morgan fingerprint density at radius 3 is 2.71 bits per heavy atom. The number of nitrogens with two attached hydrogens (primary N) is 1. The van der Waals surface area contributed by atoms with Crippen LogP contribution in [0, 0.1) is 17.7 Å². The summed E-state index contributed by atoms with van der Waals surface area (Å²) in [7, 11) is 0. The fraction of sp³-hybridized carbons (Fsp3) is 0.571. The van der Waals surface area contributed by atoms with Crippen molar-refractivity contribution in [3.05, 3.63) is 35.6 Å². The van der Waals surface area contributed by atoms with Crippen molar-refractivity contribution >= 4 is 0 Å². The van der Waals surface area contributed by atoms with Crippen LogP contribution in [0.1, 0.15) is 31.2 Å². The quantitative estimate of drug-likeness (QED) is 0.825. The summed E-state index contributed by atoms with van der Waals surface area (Å²) in [5.74, 6) is 0.424. The molecule has 0 heterocycles. The second-order valence-electron chi connectivity index (χ2n) is 5.08. The molecule has 1 aromatic carbocycles. The van der Waals surface area contributed by atoms with Crippen LogP contribution in [0.15, 0.2) is 24.3 Å². The summed E-state index contributed by atoms with van der Waals surface area (Å²) in [6.45, 7) is 2.41. The van der Waals surface area contributed by atoms with Gasteiger partial charge in [-0.2, -0.15) is 0 Å². The van der Waals surface area contributed by atoms with Crippen molar-refractivity contribution in [2.75, 3.05) is 6.54 Å². The molecule has 1 aliphatic carbocycles. The molecule has 3 unspecified atom stereocenters. The third kappa shape index (κ3) is 2.85. The maximum absolute atomic E-state index is 13.2. The summed E-state index contributed by atoms with van der Waals surface area (Å²) < 4.78 is 13.2. The summed E-state index contributed by atoms with van der Waals surface area (Å²) in [5.41, 5.74) is 6.53. The molecule has 0 bridgehead atoms. The molecule has 2 nitrogen and oxygen atoms in total.